The van der Waals surface area contributed by atoms with Gasteiger partial charge >= 0.3 is 5.97 Å². The maximum atomic E-state index is 12.9. The number of hydrogen-bond donors (Lipinski definition) is 2. The molecule has 0 atom stereocenters. The van der Waals surface area contributed by atoms with Crippen molar-refractivity contribution in [3.05, 3.63) is 79.6 Å². The standard InChI is InChI=1S/C22H18Cl2N2O4S/c1-11-6-4-5-7-16(11)25-20(28)18-12(2)17(22(29)30-3)21(31-18)26-19(27)14-9-8-13(23)10-15(14)24/h4-10H,1-3H3,(H,25,28)(H,26,27). The summed E-state index contributed by atoms with van der Waals surface area (Å²) in [5.74, 6) is -1.60. The SMILES string of the molecule is COC(=O)c1c(NC(=O)c2ccc(Cl)cc2Cl)sc(C(=O)Nc2ccccc2C)c1C. The molecule has 0 aliphatic carbocycles. The zero-order chi connectivity index (χ0) is 22.7. The third-order valence-electron chi connectivity index (χ3n) is 4.54. The second-order valence-corrected chi connectivity index (χ2v) is 8.46. The first-order valence-corrected chi connectivity index (χ1v) is 10.6. The Hall–Kier alpha value is -2.87. The van der Waals surface area contributed by atoms with Crippen LogP contribution in [0.4, 0.5) is 10.7 Å². The summed E-state index contributed by atoms with van der Waals surface area (Å²) < 4.78 is 4.86. The number of para-hydroxylation sites is 1. The fraction of sp³-hybridized carbons (Fsp3) is 0.136. The number of esters is 1. The lowest BCUT2D eigenvalue weighted by Crippen LogP contribution is -2.15. The van der Waals surface area contributed by atoms with Crippen LogP contribution in [0.3, 0.4) is 0 Å². The minimum absolute atomic E-state index is 0.112. The molecule has 1 heterocycles. The molecule has 0 radical (unpaired) electrons. The van der Waals surface area contributed by atoms with Gasteiger partial charge in [0, 0.05) is 10.7 Å². The predicted molar refractivity (Wildman–Crippen MR) is 124 cm³/mol. The first kappa shape index (κ1) is 22.8. The van der Waals surface area contributed by atoms with E-state index < -0.39 is 17.8 Å². The average molecular weight is 477 g/mol. The predicted octanol–water partition coefficient (Wildman–Crippen LogP) is 5.96. The minimum atomic E-state index is -0.666. The molecule has 1 aromatic heterocycles. The monoisotopic (exact) mass is 476 g/mol. The Balaban J connectivity index is 1.96. The van der Waals surface area contributed by atoms with Crippen molar-refractivity contribution >= 4 is 63.0 Å². The lowest BCUT2D eigenvalue weighted by Gasteiger charge is -2.07. The van der Waals surface area contributed by atoms with Gasteiger partial charge in [0.25, 0.3) is 11.8 Å². The van der Waals surface area contributed by atoms with E-state index in [1.165, 1.54) is 25.3 Å². The highest BCUT2D eigenvalue weighted by atomic mass is 35.5. The van der Waals surface area contributed by atoms with Gasteiger partial charge in [0.2, 0.25) is 0 Å². The molecule has 6 nitrogen and oxygen atoms in total. The van der Waals surface area contributed by atoms with Gasteiger partial charge in [0.05, 0.1) is 28.1 Å². The normalized spacial score (nSPS) is 10.5. The molecule has 0 saturated heterocycles. The van der Waals surface area contributed by atoms with Crippen molar-refractivity contribution in [1.29, 1.82) is 0 Å². The molecule has 0 bridgehead atoms. The van der Waals surface area contributed by atoms with Gasteiger partial charge in [-0.1, -0.05) is 41.4 Å². The molecule has 0 aliphatic heterocycles. The Kier molecular flexibility index (Phi) is 7.00. The van der Waals surface area contributed by atoms with Crippen LogP contribution in [0.25, 0.3) is 0 Å². The topological polar surface area (TPSA) is 84.5 Å². The summed E-state index contributed by atoms with van der Waals surface area (Å²) >= 11 is 13.0. The Morgan fingerprint density at radius 3 is 2.32 bits per heavy atom. The Bertz CT molecular complexity index is 1190. The summed E-state index contributed by atoms with van der Waals surface area (Å²) in [4.78, 5) is 38.3. The van der Waals surface area contributed by atoms with Gasteiger partial charge in [-0.15, -0.1) is 11.3 Å². The largest absolute Gasteiger partial charge is 0.465 e. The van der Waals surface area contributed by atoms with Gasteiger partial charge in [0.1, 0.15) is 5.00 Å². The maximum Gasteiger partial charge on any atom is 0.341 e. The maximum absolute atomic E-state index is 12.9. The number of hydrogen-bond acceptors (Lipinski definition) is 5. The van der Waals surface area contributed by atoms with Gasteiger partial charge < -0.3 is 15.4 Å². The second kappa shape index (κ2) is 9.51. The number of halogens is 2. The number of ether oxygens (including phenoxy) is 1. The van der Waals surface area contributed by atoms with Crippen molar-refractivity contribution < 1.29 is 19.1 Å². The summed E-state index contributed by atoms with van der Waals surface area (Å²) in [5, 5.41) is 6.24. The molecule has 2 aromatic carbocycles. The van der Waals surface area contributed by atoms with Crippen LogP contribution in [-0.4, -0.2) is 24.9 Å². The molecule has 9 heteroatoms. The van der Waals surface area contributed by atoms with Crippen molar-refractivity contribution in [2.24, 2.45) is 0 Å². The molecular weight excluding hydrogens is 459 g/mol. The van der Waals surface area contributed by atoms with Crippen LogP contribution in [0.5, 0.6) is 0 Å². The molecule has 2 N–H and O–H groups in total. The Morgan fingerprint density at radius 2 is 1.68 bits per heavy atom. The van der Waals surface area contributed by atoms with Crippen molar-refractivity contribution in [3.63, 3.8) is 0 Å². The van der Waals surface area contributed by atoms with Gasteiger partial charge in [-0.3, -0.25) is 9.59 Å². The van der Waals surface area contributed by atoms with E-state index in [1.54, 1.807) is 13.0 Å². The molecule has 0 spiro atoms. The van der Waals surface area contributed by atoms with Gasteiger partial charge in [-0.05, 0) is 49.2 Å². The molecule has 3 aromatic rings. The Labute approximate surface area is 193 Å². The van der Waals surface area contributed by atoms with Crippen LogP contribution in [0.2, 0.25) is 10.0 Å². The first-order chi connectivity index (χ1) is 14.7. The van der Waals surface area contributed by atoms with E-state index in [9.17, 15) is 14.4 Å². The number of methoxy groups -OCH3 is 1. The smallest absolute Gasteiger partial charge is 0.341 e. The third-order valence-corrected chi connectivity index (χ3v) is 6.29. The molecule has 0 saturated carbocycles. The van der Waals surface area contributed by atoms with Crippen LogP contribution in [0, 0.1) is 13.8 Å². The average Bonchev–Trinajstić information content (AvgIpc) is 3.04. The van der Waals surface area contributed by atoms with Crippen LogP contribution < -0.4 is 10.6 Å². The number of carbonyl (C=O) groups is 3. The highest BCUT2D eigenvalue weighted by Crippen LogP contribution is 2.35. The van der Waals surface area contributed by atoms with E-state index in [1.807, 2.05) is 25.1 Å². The lowest BCUT2D eigenvalue weighted by molar-refractivity contribution is 0.0601. The molecule has 160 valence electrons. The highest BCUT2D eigenvalue weighted by Gasteiger charge is 2.27. The summed E-state index contributed by atoms with van der Waals surface area (Å²) in [6.07, 6.45) is 0. The third kappa shape index (κ3) is 4.90. The number of aryl methyl sites for hydroxylation is 1. The summed E-state index contributed by atoms with van der Waals surface area (Å²) in [5.41, 5.74) is 2.24. The van der Waals surface area contributed by atoms with Gasteiger partial charge in [-0.25, -0.2) is 4.79 Å². The fourth-order valence-corrected chi connectivity index (χ4v) is 4.48. The van der Waals surface area contributed by atoms with Crippen molar-refractivity contribution in [2.45, 2.75) is 13.8 Å². The quantitative estimate of drug-likeness (QED) is 0.444. The van der Waals surface area contributed by atoms with Gasteiger partial charge in [-0.2, -0.15) is 0 Å². The van der Waals surface area contributed by atoms with Gasteiger partial charge in [0.15, 0.2) is 0 Å². The molecule has 0 aliphatic rings. The van der Waals surface area contributed by atoms with E-state index >= 15 is 0 Å². The number of benzene rings is 2. The molecular formula is C22H18Cl2N2O4S. The van der Waals surface area contributed by atoms with Crippen LogP contribution in [-0.2, 0) is 4.74 Å². The van der Waals surface area contributed by atoms with E-state index in [0.29, 0.717) is 16.3 Å². The molecule has 31 heavy (non-hydrogen) atoms. The number of nitrogens with one attached hydrogen (secondary N) is 2. The van der Waals surface area contributed by atoms with E-state index in [-0.39, 0.29) is 26.0 Å². The van der Waals surface area contributed by atoms with Crippen LogP contribution in [0.1, 0.15) is 41.5 Å². The van der Waals surface area contributed by atoms with E-state index in [0.717, 1.165) is 16.9 Å². The number of thiophene rings is 1. The number of rotatable bonds is 5. The molecule has 2 amide bonds. The number of carbonyl (C=O) groups excluding carboxylic acids is 3. The van der Waals surface area contributed by atoms with Crippen molar-refractivity contribution in [1.82, 2.24) is 0 Å². The van der Waals surface area contributed by atoms with Crippen LogP contribution >= 0.6 is 34.5 Å². The molecule has 3 rings (SSSR count). The zero-order valence-electron chi connectivity index (χ0n) is 16.8. The molecule has 0 unspecified atom stereocenters. The highest BCUT2D eigenvalue weighted by molar-refractivity contribution is 7.19. The first-order valence-electron chi connectivity index (χ1n) is 9.08. The van der Waals surface area contributed by atoms with Crippen molar-refractivity contribution in [3.8, 4) is 0 Å². The summed E-state index contributed by atoms with van der Waals surface area (Å²) in [6.45, 7) is 3.50. The summed E-state index contributed by atoms with van der Waals surface area (Å²) in [7, 11) is 1.23. The second-order valence-electron chi connectivity index (χ2n) is 6.60. The zero-order valence-corrected chi connectivity index (χ0v) is 19.2. The minimum Gasteiger partial charge on any atom is -0.465 e. The van der Waals surface area contributed by atoms with E-state index in [4.69, 9.17) is 27.9 Å². The summed E-state index contributed by atoms with van der Waals surface area (Å²) in [6, 6.07) is 11.8. The lowest BCUT2D eigenvalue weighted by atomic mass is 10.1. The fourth-order valence-electron chi connectivity index (χ4n) is 2.90. The van der Waals surface area contributed by atoms with E-state index in [2.05, 4.69) is 10.6 Å². The number of amides is 2. The Morgan fingerprint density at radius 1 is 0.968 bits per heavy atom. The van der Waals surface area contributed by atoms with Crippen molar-refractivity contribution in [2.75, 3.05) is 17.7 Å². The number of anilines is 2. The van der Waals surface area contributed by atoms with Crippen LogP contribution in [0.15, 0.2) is 42.5 Å². The molecule has 0 fully saturated rings.